The van der Waals surface area contributed by atoms with Crippen LogP contribution in [-0.4, -0.2) is 26.7 Å². The first kappa shape index (κ1) is 17.2. The van der Waals surface area contributed by atoms with Gasteiger partial charge in [0.15, 0.2) is 11.6 Å². The van der Waals surface area contributed by atoms with Gasteiger partial charge in [-0.3, -0.25) is 9.89 Å². The molecule has 27 heavy (non-hydrogen) atoms. The molecule has 1 N–H and O–H groups in total. The number of hydrogen-bond donors (Lipinski definition) is 1. The van der Waals surface area contributed by atoms with E-state index in [-0.39, 0.29) is 5.78 Å². The molecule has 0 aliphatic rings. The lowest BCUT2D eigenvalue weighted by molar-refractivity contribution is 0.102. The van der Waals surface area contributed by atoms with Crippen molar-refractivity contribution in [2.24, 2.45) is 0 Å². The lowest BCUT2D eigenvalue weighted by Gasteiger charge is -2.03. The Balaban J connectivity index is 1.39. The van der Waals surface area contributed by atoms with Crippen molar-refractivity contribution in [1.82, 2.24) is 15.2 Å². The SMILES string of the molecule is O=C(CSc1n[nH]c(-c2ccccc2)n1)c1ccc(-c2ccccc2)cc1. The second-order valence-electron chi connectivity index (χ2n) is 5.99. The number of carbonyl (C=O) groups excluding carboxylic acids is 1. The van der Waals surface area contributed by atoms with Crippen molar-refractivity contribution in [3.63, 3.8) is 0 Å². The van der Waals surface area contributed by atoms with Crippen molar-refractivity contribution in [2.45, 2.75) is 5.16 Å². The van der Waals surface area contributed by atoms with Gasteiger partial charge in [-0.15, -0.1) is 5.10 Å². The van der Waals surface area contributed by atoms with Crippen molar-refractivity contribution in [2.75, 3.05) is 5.75 Å². The van der Waals surface area contributed by atoms with E-state index < -0.39 is 0 Å². The van der Waals surface area contributed by atoms with Crippen molar-refractivity contribution >= 4 is 17.5 Å². The minimum Gasteiger partial charge on any atom is -0.293 e. The van der Waals surface area contributed by atoms with Crippen molar-refractivity contribution in [3.05, 3.63) is 90.5 Å². The Kier molecular flexibility index (Phi) is 5.12. The standard InChI is InChI=1S/C22H17N3OS/c26-20(18-13-11-17(12-14-18)16-7-3-1-4-8-16)15-27-22-23-21(24-25-22)19-9-5-2-6-10-19/h1-14H,15H2,(H,23,24,25). The van der Waals surface area contributed by atoms with Gasteiger partial charge in [-0.1, -0.05) is 96.7 Å². The van der Waals surface area contributed by atoms with E-state index in [4.69, 9.17) is 0 Å². The third-order valence-corrected chi connectivity index (χ3v) is 5.01. The summed E-state index contributed by atoms with van der Waals surface area (Å²) in [5.74, 6) is 1.07. The van der Waals surface area contributed by atoms with E-state index in [2.05, 4.69) is 27.3 Å². The van der Waals surface area contributed by atoms with Crippen LogP contribution in [0.15, 0.2) is 90.1 Å². The Labute approximate surface area is 161 Å². The second-order valence-corrected chi connectivity index (χ2v) is 6.93. The molecule has 0 amide bonds. The zero-order valence-electron chi connectivity index (χ0n) is 14.5. The van der Waals surface area contributed by atoms with Crippen LogP contribution in [0.3, 0.4) is 0 Å². The van der Waals surface area contributed by atoms with E-state index in [1.807, 2.05) is 72.8 Å². The third-order valence-electron chi connectivity index (χ3n) is 4.16. The fraction of sp³-hybridized carbons (Fsp3) is 0.0455. The zero-order chi connectivity index (χ0) is 18.5. The van der Waals surface area contributed by atoms with E-state index in [0.29, 0.717) is 22.3 Å². The molecule has 0 aliphatic heterocycles. The topological polar surface area (TPSA) is 58.6 Å². The van der Waals surface area contributed by atoms with Gasteiger partial charge in [-0.2, -0.15) is 0 Å². The summed E-state index contributed by atoms with van der Waals surface area (Å²) < 4.78 is 0. The van der Waals surface area contributed by atoms with Crippen molar-refractivity contribution in [3.8, 4) is 22.5 Å². The number of thioether (sulfide) groups is 1. The largest absolute Gasteiger partial charge is 0.293 e. The van der Waals surface area contributed by atoms with Gasteiger partial charge in [0, 0.05) is 11.1 Å². The second kappa shape index (κ2) is 8.01. The molecule has 0 saturated heterocycles. The molecule has 0 unspecified atom stereocenters. The highest BCUT2D eigenvalue weighted by Gasteiger charge is 2.11. The maximum absolute atomic E-state index is 12.5. The van der Waals surface area contributed by atoms with E-state index in [9.17, 15) is 4.79 Å². The maximum Gasteiger partial charge on any atom is 0.209 e. The Bertz CT molecular complexity index is 1030. The van der Waals surface area contributed by atoms with Gasteiger partial charge in [0.2, 0.25) is 5.16 Å². The molecule has 4 nitrogen and oxygen atoms in total. The van der Waals surface area contributed by atoms with Crippen LogP contribution < -0.4 is 0 Å². The molecule has 0 atom stereocenters. The highest BCUT2D eigenvalue weighted by molar-refractivity contribution is 7.99. The molecule has 1 heterocycles. The first-order valence-corrected chi connectivity index (χ1v) is 9.57. The van der Waals surface area contributed by atoms with Crippen LogP contribution in [0, 0.1) is 0 Å². The number of aromatic nitrogens is 3. The molecule has 0 spiro atoms. The van der Waals surface area contributed by atoms with Gasteiger partial charge in [0.1, 0.15) is 0 Å². The van der Waals surface area contributed by atoms with Crippen LogP contribution in [0.25, 0.3) is 22.5 Å². The molecule has 3 aromatic carbocycles. The summed E-state index contributed by atoms with van der Waals surface area (Å²) in [6.45, 7) is 0. The van der Waals surface area contributed by atoms with Gasteiger partial charge in [-0.05, 0) is 11.1 Å². The van der Waals surface area contributed by atoms with Crippen molar-refractivity contribution < 1.29 is 4.79 Å². The Hall–Kier alpha value is -3.18. The van der Waals surface area contributed by atoms with Gasteiger partial charge >= 0.3 is 0 Å². The number of H-pyrrole nitrogens is 1. The predicted molar refractivity (Wildman–Crippen MR) is 109 cm³/mol. The summed E-state index contributed by atoms with van der Waals surface area (Å²) in [4.78, 5) is 16.9. The van der Waals surface area contributed by atoms with Gasteiger partial charge < -0.3 is 0 Å². The monoisotopic (exact) mass is 371 g/mol. The molecular formula is C22H17N3OS. The van der Waals surface area contributed by atoms with E-state index in [0.717, 1.165) is 16.7 Å². The molecule has 4 rings (SSSR count). The Morgan fingerprint density at radius 1 is 0.778 bits per heavy atom. The van der Waals surface area contributed by atoms with Crippen LogP contribution in [0.5, 0.6) is 0 Å². The minimum absolute atomic E-state index is 0.0608. The quantitative estimate of drug-likeness (QED) is 0.378. The molecule has 1 aromatic heterocycles. The smallest absolute Gasteiger partial charge is 0.209 e. The minimum atomic E-state index is 0.0608. The van der Waals surface area contributed by atoms with Crippen LogP contribution >= 0.6 is 11.8 Å². The molecular weight excluding hydrogens is 354 g/mol. The lowest BCUT2D eigenvalue weighted by atomic mass is 10.0. The number of nitrogens with zero attached hydrogens (tertiary/aromatic N) is 2. The number of Topliss-reactive ketones (excluding diaryl/α,β-unsaturated/α-hetero) is 1. The zero-order valence-corrected chi connectivity index (χ0v) is 15.3. The molecule has 4 aromatic rings. The normalized spacial score (nSPS) is 10.7. The average Bonchev–Trinajstić information content (AvgIpc) is 3.22. The van der Waals surface area contributed by atoms with E-state index in [1.54, 1.807) is 0 Å². The number of nitrogens with one attached hydrogen (secondary N) is 1. The number of ketones is 1. The molecule has 0 radical (unpaired) electrons. The van der Waals surface area contributed by atoms with Crippen LogP contribution in [0.2, 0.25) is 0 Å². The van der Waals surface area contributed by atoms with Crippen LogP contribution in [0.1, 0.15) is 10.4 Å². The van der Waals surface area contributed by atoms with Gasteiger partial charge in [0.05, 0.1) is 5.75 Å². The number of aromatic amines is 1. The third kappa shape index (κ3) is 4.15. The van der Waals surface area contributed by atoms with Crippen LogP contribution in [-0.2, 0) is 0 Å². The van der Waals surface area contributed by atoms with Crippen molar-refractivity contribution in [1.29, 1.82) is 0 Å². The number of rotatable bonds is 6. The molecule has 0 fully saturated rings. The highest BCUT2D eigenvalue weighted by Crippen LogP contribution is 2.22. The lowest BCUT2D eigenvalue weighted by Crippen LogP contribution is -2.02. The molecule has 0 saturated carbocycles. The Morgan fingerprint density at radius 3 is 2.04 bits per heavy atom. The maximum atomic E-state index is 12.5. The van der Waals surface area contributed by atoms with Crippen LogP contribution in [0.4, 0.5) is 0 Å². The summed E-state index contributed by atoms with van der Waals surface area (Å²) in [6, 6.07) is 27.6. The summed E-state index contributed by atoms with van der Waals surface area (Å²) >= 11 is 1.34. The highest BCUT2D eigenvalue weighted by atomic mass is 32.2. The number of hydrogen-bond acceptors (Lipinski definition) is 4. The fourth-order valence-electron chi connectivity index (χ4n) is 2.73. The average molecular weight is 371 g/mol. The summed E-state index contributed by atoms with van der Waals surface area (Å²) in [7, 11) is 0. The number of benzene rings is 3. The van der Waals surface area contributed by atoms with Gasteiger partial charge in [0.25, 0.3) is 0 Å². The molecule has 0 aliphatic carbocycles. The van der Waals surface area contributed by atoms with Gasteiger partial charge in [-0.25, -0.2) is 4.98 Å². The summed E-state index contributed by atoms with van der Waals surface area (Å²) in [6.07, 6.45) is 0. The Morgan fingerprint density at radius 2 is 1.37 bits per heavy atom. The predicted octanol–water partition coefficient (Wildman–Crippen LogP) is 5.11. The summed E-state index contributed by atoms with van der Waals surface area (Å²) in [5.41, 5.74) is 3.90. The first-order valence-electron chi connectivity index (χ1n) is 8.59. The summed E-state index contributed by atoms with van der Waals surface area (Å²) in [5, 5.41) is 7.68. The fourth-order valence-corrected chi connectivity index (χ4v) is 3.42. The molecule has 0 bridgehead atoms. The molecule has 5 heteroatoms. The first-order chi connectivity index (χ1) is 13.3. The van der Waals surface area contributed by atoms with E-state index >= 15 is 0 Å². The van der Waals surface area contributed by atoms with E-state index in [1.165, 1.54) is 11.8 Å². The number of carbonyl (C=O) groups is 1. The molecule has 132 valence electrons.